The van der Waals surface area contributed by atoms with Gasteiger partial charge in [0.15, 0.2) is 5.17 Å². The van der Waals surface area contributed by atoms with Gasteiger partial charge in [-0.05, 0) is 61.7 Å². The SMILES string of the molecule is COC(=O)c1ccc(NC(=O)C=C2SC(=NC3CC3)N(C3CC3)C2=O)cc1. The maximum atomic E-state index is 12.7. The van der Waals surface area contributed by atoms with E-state index in [9.17, 15) is 14.4 Å². The van der Waals surface area contributed by atoms with Gasteiger partial charge < -0.3 is 10.1 Å². The van der Waals surface area contributed by atoms with E-state index in [0.717, 1.165) is 30.9 Å². The average molecular weight is 385 g/mol. The fourth-order valence-corrected chi connectivity index (χ4v) is 3.78. The van der Waals surface area contributed by atoms with E-state index < -0.39 is 5.97 Å². The molecule has 0 spiro atoms. The number of carbonyl (C=O) groups excluding carboxylic acids is 3. The van der Waals surface area contributed by atoms with Crippen molar-refractivity contribution in [3.8, 4) is 0 Å². The zero-order chi connectivity index (χ0) is 19.0. The molecule has 0 unspecified atom stereocenters. The van der Waals surface area contributed by atoms with Crippen LogP contribution in [0.3, 0.4) is 0 Å². The second-order valence-corrected chi connectivity index (χ2v) is 7.73. The Morgan fingerprint density at radius 1 is 1.22 bits per heavy atom. The van der Waals surface area contributed by atoms with Crippen LogP contribution in [0, 0.1) is 0 Å². The topological polar surface area (TPSA) is 88.1 Å². The molecule has 7 nitrogen and oxygen atoms in total. The molecule has 27 heavy (non-hydrogen) atoms. The Bertz CT molecular complexity index is 854. The third kappa shape index (κ3) is 4.05. The fourth-order valence-electron chi connectivity index (χ4n) is 2.70. The first-order valence-electron chi connectivity index (χ1n) is 8.85. The molecule has 1 aromatic rings. The predicted molar refractivity (Wildman–Crippen MR) is 102 cm³/mol. The van der Waals surface area contributed by atoms with Gasteiger partial charge in [0.2, 0.25) is 5.91 Å². The van der Waals surface area contributed by atoms with Crippen LogP contribution in [0.4, 0.5) is 5.69 Å². The maximum absolute atomic E-state index is 12.7. The van der Waals surface area contributed by atoms with E-state index in [-0.39, 0.29) is 17.9 Å². The van der Waals surface area contributed by atoms with Gasteiger partial charge in [-0.25, -0.2) is 4.79 Å². The molecular weight excluding hydrogens is 366 g/mol. The number of nitrogens with one attached hydrogen (secondary N) is 1. The summed E-state index contributed by atoms with van der Waals surface area (Å²) in [4.78, 5) is 43.2. The molecule has 0 radical (unpaired) electrons. The number of carbonyl (C=O) groups is 3. The number of hydrogen-bond acceptors (Lipinski definition) is 6. The van der Waals surface area contributed by atoms with Gasteiger partial charge in [-0.3, -0.25) is 19.5 Å². The molecule has 0 bridgehead atoms. The number of aliphatic imine (C=N–C) groups is 1. The Morgan fingerprint density at radius 2 is 1.93 bits per heavy atom. The molecule has 140 valence electrons. The summed E-state index contributed by atoms with van der Waals surface area (Å²) < 4.78 is 4.64. The van der Waals surface area contributed by atoms with Crippen molar-refractivity contribution >= 4 is 40.4 Å². The largest absolute Gasteiger partial charge is 0.465 e. The van der Waals surface area contributed by atoms with E-state index >= 15 is 0 Å². The van der Waals surface area contributed by atoms with E-state index in [1.165, 1.54) is 24.9 Å². The Kier molecular flexibility index (Phi) is 4.73. The number of amidine groups is 1. The standard InChI is InChI=1S/C19H19N3O4S/c1-26-18(25)11-2-4-12(5-3-11)20-16(23)10-15-17(24)22(14-8-9-14)19(27-15)21-13-6-7-13/h2-5,10,13-14H,6-9H2,1H3,(H,20,23). The molecule has 3 aliphatic rings. The van der Waals surface area contributed by atoms with Crippen molar-refractivity contribution in [3.05, 3.63) is 40.8 Å². The van der Waals surface area contributed by atoms with Crippen molar-refractivity contribution in [1.29, 1.82) is 0 Å². The van der Waals surface area contributed by atoms with Crippen molar-refractivity contribution < 1.29 is 19.1 Å². The Morgan fingerprint density at radius 3 is 2.52 bits per heavy atom. The summed E-state index contributed by atoms with van der Waals surface area (Å²) in [6.07, 6.45) is 5.44. The van der Waals surface area contributed by atoms with E-state index in [1.807, 2.05) is 0 Å². The number of esters is 1. The van der Waals surface area contributed by atoms with Crippen molar-refractivity contribution in [2.45, 2.75) is 37.8 Å². The lowest BCUT2D eigenvalue weighted by atomic mass is 10.2. The first kappa shape index (κ1) is 17.8. The van der Waals surface area contributed by atoms with Gasteiger partial charge >= 0.3 is 5.97 Å². The number of nitrogens with zero attached hydrogens (tertiary/aromatic N) is 2. The molecule has 4 rings (SSSR count). The van der Waals surface area contributed by atoms with Gasteiger partial charge in [-0.1, -0.05) is 0 Å². The number of anilines is 1. The highest BCUT2D eigenvalue weighted by atomic mass is 32.2. The van der Waals surface area contributed by atoms with Crippen LogP contribution in [-0.4, -0.2) is 47.0 Å². The summed E-state index contributed by atoms with van der Waals surface area (Å²) in [6.45, 7) is 0. The van der Waals surface area contributed by atoms with E-state index in [0.29, 0.717) is 22.2 Å². The van der Waals surface area contributed by atoms with E-state index in [1.54, 1.807) is 29.2 Å². The number of rotatable bonds is 5. The van der Waals surface area contributed by atoms with Crippen molar-refractivity contribution in [3.63, 3.8) is 0 Å². The van der Waals surface area contributed by atoms with E-state index in [4.69, 9.17) is 0 Å². The molecule has 1 N–H and O–H groups in total. The third-order valence-electron chi connectivity index (χ3n) is 4.42. The Labute approximate surface area is 160 Å². The minimum Gasteiger partial charge on any atom is -0.465 e. The fraction of sp³-hybridized carbons (Fsp3) is 0.368. The number of methoxy groups -OCH3 is 1. The monoisotopic (exact) mass is 385 g/mol. The van der Waals surface area contributed by atoms with Crippen LogP contribution in [0.1, 0.15) is 36.0 Å². The van der Waals surface area contributed by atoms with E-state index in [2.05, 4.69) is 15.0 Å². The maximum Gasteiger partial charge on any atom is 0.337 e. The summed E-state index contributed by atoms with van der Waals surface area (Å²) in [5, 5.41) is 3.44. The molecule has 3 fully saturated rings. The molecule has 2 amide bonds. The minimum atomic E-state index is -0.439. The number of thioether (sulfide) groups is 1. The van der Waals surface area contributed by atoms with Crippen LogP contribution in [0.25, 0.3) is 0 Å². The molecule has 0 atom stereocenters. The lowest BCUT2D eigenvalue weighted by Gasteiger charge is -2.13. The smallest absolute Gasteiger partial charge is 0.337 e. The first-order valence-corrected chi connectivity index (χ1v) is 9.67. The Hall–Kier alpha value is -2.61. The number of hydrogen-bond donors (Lipinski definition) is 1. The summed E-state index contributed by atoms with van der Waals surface area (Å²) in [5.41, 5.74) is 0.933. The van der Waals surface area contributed by atoms with Crippen molar-refractivity contribution in [2.24, 2.45) is 4.99 Å². The Balaban J connectivity index is 1.45. The summed E-state index contributed by atoms with van der Waals surface area (Å²) in [7, 11) is 1.31. The van der Waals surface area contributed by atoms with Crippen LogP contribution < -0.4 is 5.32 Å². The molecule has 8 heteroatoms. The van der Waals surface area contributed by atoms with Crippen LogP contribution in [0.5, 0.6) is 0 Å². The second kappa shape index (κ2) is 7.19. The summed E-state index contributed by atoms with van der Waals surface area (Å²) >= 11 is 1.28. The van der Waals surface area contributed by atoms with Gasteiger partial charge in [0, 0.05) is 17.8 Å². The van der Waals surface area contributed by atoms with Gasteiger partial charge in [-0.15, -0.1) is 0 Å². The van der Waals surface area contributed by atoms with Crippen molar-refractivity contribution in [2.75, 3.05) is 12.4 Å². The van der Waals surface area contributed by atoms with Crippen LogP contribution in [0.2, 0.25) is 0 Å². The predicted octanol–water partition coefficient (Wildman–Crippen LogP) is 2.55. The lowest BCUT2D eigenvalue weighted by Crippen LogP contribution is -2.31. The molecule has 1 aromatic carbocycles. The molecular formula is C19H19N3O4S. The molecule has 0 aromatic heterocycles. The normalized spacial score (nSPS) is 22.4. The zero-order valence-electron chi connectivity index (χ0n) is 14.8. The van der Waals surface area contributed by atoms with Gasteiger partial charge in [-0.2, -0.15) is 0 Å². The second-order valence-electron chi connectivity index (χ2n) is 6.72. The molecule has 1 heterocycles. The lowest BCUT2D eigenvalue weighted by molar-refractivity contribution is -0.123. The number of ether oxygens (including phenoxy) is 1. The summed E-state index contributed by atoms with van der Waals surface area (Å²) in [5.74, 6) is -0.969. The van der Waals surface area contributed by atoms with Crippen LogP contribution in [-0.2, 0) is 14.3 Å². The quantitative estimate of drug-likeness (QED) is 0.622. The zero-order valence-corrected chi connectivity index (χ0v) is 15.6. The minimum absolute atomic E-state index is 0.141. The molecule has 2 saturated carbocycles. The van der Waals surface area contributed by atoms with Crippen LogP contribution in [0.15, 0.2) is 40.2 Å². The van der Waals surface area contributed by atoms with Gasteiger partial charge in [0.25, 0.3) is 5.91 Å². The number of benzene rings is 1. The van der Waals surface area contributed by atoms with Gasteiger partial charge in [0.1, 0.15) is 0 Å². The highest BCUT2D eigenvalue weighted by Gasteiger charge is 2.43. The van der Waals surface area contributed by atoms with Crippen LogP contribution >= 0.6 is 11.8 Å². The first-order chi connectivity index (χ1) is 13.0. The highest BCUT2D eigenvalue weighted by Crippen LogP contribution is 2.40. The average Bonchev–Trinajstić information content (AvgIpc) is 3.57. The summed E-state index contributed by atoms with van der Waals surface area (Å²) in [6, 6.07) is 6.91. The highest BCUT2D eigenvalue weighted by molar-refractivity contribution is 8.18. The molecule has 1 saturated heterocycles. The number of amides is 2. The third-order valence-corrected chi connectivity index (χ3v) is 5.42. The molecule has 2 aliphatic carbocycles. The van der Waals surface area contributed by atoms with Gasteiger partial charge in [0.05, 0.1) is 23.6 Å². The van der Waals surface area contributed by atoms with Crippen molar-refractivity contribution in [1.82, 2.24) is 4.90 Å². The molecule has 1 aliphatic heterocycles.